The Bertz CT molecular complexity index is 318. The number of halogens is 3. The number of nitrogens with zero attached hydrogens (tertiary/aromatic N) is 1. The zero-order chi connectivity index (χ0) is 13.7. The van der Waals surface area contributed by atoms with Crippen molar-refractivity contribution in [2.24, 2.45) is 10.9 Å². The van der Waals surface area contributed by atoms with Gasteiger partial charge in [-0.25, -0.2) is 0 Å². The number of unbranched alkanes of at least 4 members (excludes halogenated alkanes) is 1. The van der Waals surface area contributed by atoms with Gasteiger partial charge in [-0.15, -0.1) is 0 Å². The molecule has 1 saturated carbocycles. The monoisotopic (exact) mass is 294 g/mol. The van der Waals surface area contributed by atoms with Crippen LogP contribution in [-0.2, 0) is 0 Å². The zero-order valence-electron chi connectivity index (χ0n) is 11.0. The molecule has 0 aromatic heterocycles. The Labute approximate surface area is 116 Å². The van der Waals surface area contributed by atoms with Gasteiger partial charge in [0.2, 0.25) is 0 Å². The van der Waals surface area contributed by atoms with Crippen LogP contribution < -0.4 is 5.32 Å². The highest BCUT2D eigenvalue weighted by atomic mass is 32.2. The first-order chi connectivity index (χ1) is 9.04. The van der Waals surface area contributed by atoms with E-state index < -0.39 is 12.6 Å². The van der Waals surface area contributed by atoms with Crippen molar-refractivity contribution in [2.45, 2.75) is 57.2 Å². The maximum absolute atomic E-state index is 12.0. The summed E-state index contributed by atoms with van der Waals surface area (Å²) < 4.78 is 35.9. The molecule has 19 heavy (non-hydrogen) atoms. The molecule has 2 aliphatic rings. The van der Waals surface area contributed by atoms with Gasteiger partial charge in [-0.05, 0) is 31.6 Å². The van der Waals surface area contributed by atoms with Crippen molar-refractivity contribution >= 4 is 16.9 Å². The van der Waals surface area contributed by atoms with Crippen molar-refractivity contribution < 1.29 is 13.2 Å². The molecule has 1 N–H and O–H groups in total. The number of rotatable bonds is 4. The smallest absolute Gasteiger partial charge is 0.362 e. The molecule has 0 spiro atoms. The highest BCUT2D eigenvalue weighted by Gasteiger charge is 2.30. The summed E-state index contributed by atoms with van der Waals surface area (Å²) >= 11 is 1.73. The summed E-state index contributed by atoms with van der Waals surface area (Å²) in [5, 5.41) is 4.39. The Hall–Kier alpha value is -0.390. The Kier molecular flexibility index (Phi) is 5.42. The zero-order valence-corrected chi connectivity index (χ0v) is 11.8. The third-order valence-corrected chi connectivity index (χ3v) is 4.89. The molecular weight excluding hydrogens is 273 g/mol. The molecule has 1 aliphatic carbocycles. The van der Waals surface area contributed by atoms with Gasteiger partial charge in [0, 0.05) is 24.8 Å². The van der Waals surface area contributed by atoms with E-state index in [4.69, 9.17) is 0 Å². The van der Waals surface area contributed by atoms with E-state index >= 15 is 0 Å². The minimum Gasteiger partial charge on any atom is -0.362 e. The molecular formula is C13H21F3N2S. The summed E-state index contributed by atoms with van der Waals surface area (Å²) in [5.74, 6) is 1.86. The number of amidine groups is 1. The van der Waals surface area contributed by atoms with Gasteiger partial charge in [-0.1, -0.05) is 24.6 Å². The Morgan fingerprint density at radius 3 is 2.79 bits per heavy atom. The minimum atomic E-state index is -4.03. The number of alkyl halides is 3. The molecule has 0 radical (unpaired) electrons. The molecule has 1 aliphatic heterocycles. The summed E-state index contributed by atoms with van der Waals surface area (Å²) in [5.41, 5.74) is 0. The summed E-state index contributed by atoms with van der Waals surface area (Å²) in [6.07, 6.45) is 1.08. The predicted molar refractivity (Wildman–Crippen MR) is 73.5 cm³/mol. The molecule has 2 nitrogen and oxygen atoms in total. The van der Waals surface area contributed by atoms with Crippen molar-refractivity contribution in [1.82, 2.24) is 5.32 Å². The van der Waals surface area contributed by atoms with Crippen LogP contribution in [0.3, 0.4) is 0 Å². The van der Waals surface area contributed by atoms with Gasteiger partial charge in [0.1, 0.15) is 0 Å². The molecule has 0 bridgehead atoms. The number of fused-ring (bicyclic) bond motifs is 1. The van der Waals surface area contributed by atoms with Crippen LogP contribution in [0.1, 0.15) is 44.9 Å². The number of hydrogen-bond acceptors (Lipinski definition) is 2. The average Bonchev–Trinajstić information content (AvgIpc) is 2.37. The lowest BCUT2D eigenvalue weighted by Gasteiger charge is -2.36. The van der Waals surface area contributed by atoms with Gasteiger partial charge in [0.15, 0.2) is 5.17 Å². The van der Waals surface area contributed by atoms with E-state index in [1.807, 2.05) is 0 Å². The number of thioether (sulfide) groups is 1. The van der Waals surface area contributed by atoms with Crippen molar-refractivity contribution in [1.29, 1.82) is 0 Å². The van der Waals surface area contributed by atoms with E-state index in [1.54, 1.807) is 11.8 Å². The van der Waals surface area contributed by atoms with Crippen LogP contribution in [0, 0.1) is 5.92 Å². The minimum absolute atomic E-state index is 0.178. The molecule has 2 fully saturated rings. The van der Waals surface area contributed by atoms with Crippen LogP contribution in [0.15, 0.2) is 4.99 Å². The van der Waals surface area contributed by atoms with Crippen molar-refractivity contribution in [3.8, 4) is 0 Å². The Morgan fingerprint density at radius 1 is 1.21 bits per heavy atom. The summed E-state index contributed by atoms with van der Waals surface area (Å²) in [6.45, 7) is 0.503. The van der Waals surface area contributed by atoms with Gasteiger partial charge in [-0.2, -0.15) is 13.2 Å². The molecule has 110 valence electrons. The topological polar surface area (TPSA) is 24.4 Å². The quantitative estimate of drug-likeness (QED) is 0.793. The molecule has 0 aromatic carbocycles. The average molecular weight is 294 g/mol. The van der Waals surface area contributed by atoms with Crippen LogP contribution in [0.5, 0.6) is 0 Å². The molecule has 2 unspecified atom stereocenters. The first kappa shape index (κ1) is 15.0. The van der Waals surface area contributed by atoms with Gasteiger partial charge in [-0.3, -0.25) is 4.99 Å². The first-order valence-corrected chi connectivity index (χ1v) is 8.04. The van der Waals surface area contributed by atoms with Gasteiger partial charge >= 0.3 is 6.18 Å². The fourth-order valence-corrected chi connectivity index (χ4v) is 3.88. The molecule has 6 heteroatoms. The van der Waals surface area contributed by atoms with Crippen molar-refractivity contribution in [3.63, 3.8) is 0 Å². The summed E-state index contributed by atoms with van der Waals surface area (Å²) in [6, 6.07) is 0.545. The van der Waals surface area contributed by atoms with Gasteiger partial charge in [0.05, 0.1) is 0 Å². The second-order valence-corrected chi connectivity index (χ2v) is 6.37. The van der Waals surface area contributed by atoms with Crippen LogP contribution in [0.25, 0.3) is 0 Å². The van der Waals surface area contributed by atoms with E-state index in [2.05, 4.69) is 10.3 Å². The lowest BCUT2D eigenvalue weighted by atomic mass is 9.86. The third-order valence-electron chi connectivity index (χ3n) is 3.78. The first-order valence-electron chi connectivity index (χ1n) is 7.05. The van der Waals surface area contributed by atoms with E-state index in [0.29, 0.717) is 19.0 Å². The van der Waals surface area contributed by atoms with Crippen molar-refractivity contribution in [2.75, 3.05) is 12.3 Å². The third kappa shape index (κ3) is 5.24. The standard InChI is InChI=1S/C13H21F3N2S/c14-13(15,16)7-3-4-8-17-12-18-11-6-2-1-5-10(11)9-19-12/h10-11H,1-9H2,(H,17,18). The summed E-state index contributed by atoms with van der Waals surface area (Å²) in [7, 11) is 0. The fraction of sp³-hybridized carbons (Fsp3) is 0.923. The lowest BCUT2D eigenvalue weighted by molar-refractivity contribution is -0.135. The Balaban J connectivity index is 1.66. The second-order valence-electron chi connectivity index (χ2n) is 5.37. The maximum Gasteiger partial charge on any atom is 0.389 e. The van der Waals surface area contributed by atoms with E-state index in [-0.39, 0.29) is 6.42 Å². The van der Waals surface area contributed by atoms with Gasteiger partial charge < -0.3 is 5.32 Å². The van der Waals surface area contributed by atoms with Gasteiger partial charge in [0.25, 0.3) is 0 Å². The lowest BCUT2D eigenvalue weighted by Crippen LogP contribution is -2.46. The number of nitrogens with one attached hydrogen (secondary N) is 1. The molecule has 2 atom stereocenters. The summed E-state index contributed by atoms with van der Waals surface area (Å²) in [4.78, 5) is 4.39. The second kappa shape index (κ2) is 6.86. The van der Waals surface area contributed by atoms with Crippen LogP contribution >= 0.6 is 11.8 Å². The van der Waals surface area contributed by atoms with Crippen LogP contribution in [0.4, 0.5) is 13.2 Å². The molecule has 2 rings (SSSR count). The van der Waals surface area contributed by atoms with E-state index in [9.17, 15) is 13.2 Å². The van der Waals surface area contributed by atoms with E-state index in [1.165, 1.54) is 25.7 Å². The predicted octanol–water partition coefficient (Wildman–Crippen LogP) is 3.97. The number of hydrogen-bond donors (Lipinski definition) is 1. The van der Waals surface area contributed by atoms with Crippen molar-refractivity contribution in [3.05, 3.63) is 0 Å². The molecule has 1 heterocycles. The van der Waals surface area contributed by atoms with Crippen LogP contribution in [0.2, 0.25) is 0 Å². The molecule has 0 aromatic rings. The fourth-order valence-electron chi connectivity index (χ4n) is 2.69. The highest BCUT2D eigenvalue weighted by molar-refractivity contribution is 8.13. The van der Waals surface area contributed by atoms with Crippen LogP contribution in [-0.4, -0.2) is 29.7 Å². The molecule has 1 saturated heterocycles. The molecule has 0 amide bonds. The Morgan fingerprint density at radius 2 is 2.00 bits per heavy atom. The highest BCUT2D eigenvalue weighted by Crippen LogP contribution is 2.31. The van der Waals surface area contributed by atoms with E-state index in [0.717, 1.165) is 16.8 Å². The normalized spacial score (nSPS) is 29.9. The SMILES string of the molecule is FC(F)(F)CCCCN=C1NC2CCCCC2CS1. The number of aliphatic imine (C=N–C) groups is 1. The maximum atomic E-state index is 12.0. The largest absolute Gasteiger partial charge is 0.389 e.